The first-order valence-electron chi connectivity index (χ1n) is 11.4. The van der Waals surface area contributed by atoms with Crippen LogP contribution in [0.15, 0.2) is 0 Å². The molecule has 0 aromatic carbocycles. The van der Waals surface area contributed by atoms with Crippen molar-refractivity contribution in [2.75, 3.05) is 25.1 Å². The second-order valence-electron chi connectivity index (χ2n) is 8.20. The smallest absolute Gasteiger partial charge is 0.341 e. The minimum atomic E-state index is -0.678. The summed E-state index contributed by atoms with van der Waals surface area (Å²) in [5.41, 5.74) is 1.14. The lowest BCUT2D eigenvalue weighted by molar-refractivity contribution is -0.148. The molecule has 9 nitrogen and oxygen atoms in total. The second-order valence-corrected chi connectivity index (χ2v) is 9.42. The first-order chi connectivity index (χ1) is 15.8. The molecule has 2 atom stereocenters. The van der Waals surface area contributed by atoms with Gasteiger partial charge in [-0.25, -0.2) is 4.79 Å². The maximum atomic E-state index is 12.5. The number of carbonyl (C=O) groups is 5. The van der Waals surface area contributed by atoms with Crippen molar-refractivity contribution in [2.45, 2.75) is 59.3 Å². The van der Waals surface area contributed by atoms with Gasteiger partial charge in [0, 0.05) is 11.4 Å². The normalized spacial score (nSPS) is 19.9. The molecule has 2 fully saturated rings. The van der Waals surface area contributed by atoms with Crippen LogP contribution in [0.4, 0.5) is 5.00 Å². The predicted octanol–water partition coefficient (Wildman–Crippen LogP) is 2.84. The largest absolute Gasteiger partial charge is 0.462 e. The molecule has 0 bridgehead atoms. The van der Waals surface area contributed by atoms with E-state index in [2.05, 4.69) is 5.32 Å². The fraction of sp³-hybridized carbons (Fsp3) is 0.609. The molecule has 2 aliphatic rings. The van der Waals surface area contributed by atoms with Gasteiger partial charge < -0.3 is 14.8 Å². The van der Waals surface area contributed by atoms with Gasteiger partial charge in [-0.05, 0) is 38.7 Å². The molecule has 33 heavy (non-hydrogen) atoms. The van der Waals surface area contributed by atoms with E-state index in [-0.39, 0.29) is 43.2 Å². The van der Waals surface area contributed by atoms with Crippen molar-refractivity contribution >= 4 is 46.0 Å². The number of likely N-dealkylation sites (tertiary alicyclic amines) is 1. The van der Waals surface area contributed by atoms with Crippen molar-refractivity contribution in [1.29, 1.82) is 0 Å². The van der Waals surface area contributed by atoms with Gasteiger partial charge in [0.05, 0.1) is 30.4 Å². The fourth-order valence-electron chi connectivity index (χ4n) is 4.55. The van der Waals surface area contributed by atoms with Gasteiger partial charge in [0.1, 0.15) is 5.00 Å². The Kier molecular flexibility index (Phi) is 8.23. The van der Waals surface area contributed by atoms with Crippen LogP contribution in [0, 0.1) is 18.8 Å². The summed E-state index contributed by atoms with van der Waals surface area (Å²) in [7, 11) is 0. The van der Waals surface area contributed by atoms with Crippen LogP contribution in [0.25, 0.3) is 0 Å². The van der Waals surface area contributed by atoms with E-state index in [9.17, 15) is 24.0 Å². The predicted molar refractivity (Wildman–Crippen MR) is 121 cm³/mol. The molecule has 1 N–H and O–H groups in total. The number of hydrogen-bond acceptors (Lipinski definition) is 8. The number of rotatable bonds is 9. The highest BCUT2D eigenvalue weighted by molar-refractivity contribution is 7.16. The highest BCUT2D eigenvalue weighted by Crippen LogP contribution is 2.38. The molecule has 1 aliphatic carbocycles. The zero-order chi connectivity index (χ0) is 24.1. The summed E-state index contributed by atoms with van der Waals surface area (Å²) in [4.78, 5) is 63.8. The van der Waals surface area contributed by atoms with Gasteiger partial charge in [0.25, 0.3) is 5.91 Å². The lowest BCUT2D eigenvalue weighted by atomic mass is 9.81. The van der Waals surface area contributed by atoms with E-state index in [0.29, 0.717) is 29.8 Å². The van der Waals surface area contributed by atoms with Gasteiger partial charge in [0.2, 0.25) is 11.8 Å². The summed E-state index contributed by atoms with van der Waals surface area (Å²) >= 11 is 1.26. The van der Waals surface area contributed by atoms with Crippen LogP contribution in [-0.4, -0.2) is 54.3 Å². The van der Waals surface area contributed by atoms with Crippen LogP contribution >= 0.6 is 11.3 Å². The lowest BCUT2D eigenvalue weighted by Gasteiger charge is -2.19. The van der Waals surface area contributed by atoms with E-state index in [1.165, 1.54) is 11.3 Å². The van der Waals surface area contributed by atoms with Crippen molar-refractivity contribution in [3.8, 4) is 0 Å². The number of fused-ring (bicyclic) bond motifs is 1. The first kappa shape index (κ1) is 24.9. The number of imide groups is 1. The average Bonchev–Trinajstić information content (AvgIpc) is 3.24. The lowest BCUT2D eigenvalue weighted by Crippen LogP contribution is -2.33. The van der Waals surface area contributed by atoms with Crippen molar-refractivity contribution in [3.63, 3.8) is 0 Å². The summed E-state index contributed by atoms with van der Waals surface area (Å²) in [5, 5.41) is 2.99. The molecule has 10 heteroatoms. The fourth-order valence-corrected chi connectivity index (χ4v) is 5.70. The Hall–Kier alpha value is -2.75. The van der Waals surface area contributed by atoms with E-state index >= 15 is 0 Å². The molecule has 0 radical (unpaired) electrons. The Bertz CT molecular complexity index is 931. The average molecular weight is 479 g/mol. The summed E-state index contributed by atoms with van der Waals surface area (Å²) in [5.74, 6) is -2.71. The molecule has 1 aromatic heterocycles. The minimum Gasteiger partial charge on any atom is -0.462 e. The zero-order valence-electron chi connectivity index (χ0n) is 19.2. The Balaban J connectivity index is 1.51. The van der Waals surface area contributed by atoms with Crippen LogP contribution in [0.2, 0.25) is 0 Å². The Morgan fingerprint density at radius 2 is 1.70 bits per heavy atom. The highest BCUT2D eigenvalue weighted by atomic mass is 32.1. The molecule has 180 valence electrons. The third-order valence-electron chi connectivity index (χ3n) is 6.13. The number of anilines is 1. The maximum absolute atomic E-state index is 12.5. The SMILES string of the molecule is CCOC(=O)c1c(NC(=O)COC(=O)CCN2C(=O)[C@H]3CCCC[C@H]3C2=O)sc(C)c1CC. The van der Waals surface area contributed by atoms with Crippen molar-refractivity contribution in [2.24, 2.45) is 11.8 Å². The van der Waals surface area contributed by atoms with E-state index in [4.69, 9.17) is 9.47 Å². The van der Waals surface area contributed by atoms with E-state index < -0.39 is 24.5 Å². The number of aryl methyl sites for hydroxylation is 1. The molecular weight excluding hydrogens is 448 g/mol. The van der Waals surface area contributed by atoms with E-state index in [1.54, 1.807) is 6.92 Å². The minimum absolute atomic E-state index is 0.0396. The molecule has 1 saturated carbocycles. The van der Waals surface area contributed by atoms with Crippen LogP contribution in [-0.2, 0) is 35.1 Å². The van der Waals surface area contributed by atoms with Crippen LogP contribution in [0.3, 0.4) is 0 Å². The van der Waals surface area contributed by atoms with Crippen molar-refractivity contribution in [3.05, 3.63) is 16.0 Å². The second kappa shape index (κ2) is 10.9. The molecule has 3 amide bonds. The monoisotopic (exact) mass is 478 g/mol. The number of esters is 2. The quantitative estimate of drug-likeness (QED) is 0.428. The third kappa shape index (κ3) is 5.43. The molecule has 3 rings (SSSR count). The zero-order valence-corrected chi connectivity index (χ0v) is 20.0. The molecule has 2 heterocycles. The Morgan fingerprint density at radius 3 is 2.27 bits per heavy atom. The summed E-state index contributed by atoms with van der Waals surface area (Å²) in [6.45, 7) is 5.12. The van der Waals surface area contributed by atoms with Crippen molar-refractivity contribution in [1.82, 2.24) is 4.90 Å². The molecule has 0 unspecified atom stereocenters. The number of ether oxygens (including phenoxy) is 2. The number of hydrogen-bond donors (Lipinski definition) is 1. The van der Waals surface area contributed by atoms with Gasteiger partial charge in [-0.2, -0.15) is 0 Å². The number of carbonyl (C=O) groups excluding carboxylic acids is 5. The third-order valence-corrected chi connectivity index (χ3v) is 7.19. The van der Waals surface area contributed by atoms with E-state index in [1.807, 2.05) is 13.8 Å². The summed E-state index contributed by atoms with van der Waals surface area (Å²) in [6.07, 6.45) is 3.74. The summed E-state index contributed by atoms with van der Waals surface area (Å²) < 4.78 is 10.1. The Labute approximate surface area is 196 Å². The highest BCUT2D eigenvalue weighted by Gasteiger charge is 2.47. The Morgan fingerprint density at radius 1 is 1.06 bits per heavy atom. The first-order valence-corrected chi connectivity index (χ1v) is 12.2. The van der Waals surface area contributed by atoms with Gasteiger partial charge in [-0.15, -0.1) is 11.3 Å². The maximum Gasteiger partial charge on any atom is 0.341 e. The van der Waals surface area contributed by atoms with Gasteiger partial charge >= 0.3 is 11.9 Å². The van der Waals surface area contributed by atoms with Crippen LogP contribution < -0.4 is 5.32 Å². The number of amides is 3. The van der Waals surface area contributed by atoms with Crippen LogP contribution in [0.1, 0.15) is 66.8 Å². The van der Waals surface area contributed by atoms with Gasteiger partial charge in [-0.3, -0.25) is 24.1 Å². The number of thiophene rings is 1. The number of nitrogens with one attached hydrogen (secondary N) is 1. The van der Waals surface area contributed by atoms with E-state index in [0.717, 1.165) is 28.2 Å². The van der Waals surface area contributed by atoms with Gasteiger partial charge in [0.15, 0.2) is 6.61 Å². The molecule has 1 aliphatic heterocycles. The molecule has 1 aromatic rings. The topological polar surface area (TPSA) is 119 Å². The van der Waals surface area contributed by atoms with Gasteiger partial charge in [-0.1, -0.05) is 19.8 Å². The molecule has 0 spiro atoms. The molecule has 1 saturated heterocycles. The standard InChI is InChI=1S/C23H30N2O7S/c1-4-14-13(3)33-20(19(14)23(30)31-5-2)24-17(26)12-32-18(27)10-11-25-21(28)15-8-6-7-9-16(15)22(25)29/h15-16H,4-12H2,1-3H3,(H,24,26)/t15-,16+. The number of nitrogens with zero attached hydrogens (tertiary/aromatic N) is 1. The van der Waals surface area contributed by atoms with Crippen molar-refractivity contribution < 1.29 is 33.4 Å². The molecular formula is C23H30N2O7S. The summed E-state index contributed by atoms with van der Waals surface area (Å²) in [6, 6.07) is 0. The van der Waals surface area contributed by atoms with Crippen LogP contribution in [0.5, 0.6) is 0 Å².